The van der Waals surface area contributed by atoms with Crippen LogP contribution in [0.2, 0.25) is 0 Å². The second-order valence-corrected chi connectivity index (χ2v) is 5.89. The number of unbranched alkanes of at least 4 members (excludes halogenated alkanes) is 7. The van der Waals surface area contributed by atoms with E-state index < -0.39 is 0 Å². The minimum atomic E-state index is -0.227. The molecule has 2 nitrogen and oxygen atoms in total. The van der Waals surface area contributed by atoms with Crippen molar-refractivity contribution < 1.29 is 9.84 Å². The van der Waals surface area contributed by atoms with Gasteiger partial charge < -0.3 is 9.84 Å². The number of aliphatic hydroxyl groups excluding tert-OH is 1. The fourth-order valence-corrected chi connectivity index (χ4v) is 2.79. The van der Waals surface area contributed by atoms with Gasteiger partial charge in [-0.3, -0.25) is 0 Å². The Labute approximate surface area is 113 Å². The Balaban J connectivity index is 1.88. The molecule has 0 radical (unpaired) electrons. The van der Waals surface area contributed by atoms with Gasteiger partial charge in [0, 0.05) is 0 Å². The van der Waals surface area contributed by atoms with E-state index in [4.69, 9.17) is 4.74 Å². The van der Waals surface area contributed by atoms with Crippen LogP contribution in [0.25, 0.3) is 0 Å². The summed E-state index contributed by atoms with van der Waals surface area (Å²) in [5, 5.41) is 10.0. The van der Waals surface area contributed by atoms with Crippen LogP contribution in [0.4, 0.5) is 0 Å². The van der Waals surface area contributed by atoms with Gasteiger partial charge in [0.1, 0.15) is 0 Å². The summed E-state index contributed by atoms with van der Waals surface area (Å²) in [6.07, 6.45) is 13.9. The zero-order valence-electron chi connectivity index (χ0n) is 12.4. The van der Waals surface area contributed by atoms with Crippen molar-refractivity contribution in [1.29, 1.82) is 0 Å². The molecule has 0 amide bonds. The van der Waals surface area contributed by atoms with Gasteiger partial charge in [0.05, 0.1) is 18.3 Å². The highest BCUT2D eigenvalue weighted by molar-refractivity contribution is 4.77. The number of ether oxygens (including phenoxy) is 1. The van der Waals surface area contributed by atoms with Crippen molar-refractivity contribution in [3.05, 3.63) is 0 Å². The molecule has 3 atom stereocenters. The Kier molecular flexibility index (Phi) is 8.70. The highest BCUT2D eigenvalue weighted by Crippen LogP contribution is 2.24. The van der Waals surface area contributed by atoms with E-state index in [2.05, 4.69) is 13.8 Å². The lowest BCUT2D eigenvalue weighted by Crippen LogP contribution is -2.25. The highest BCUT2D eigenvalue weighted by Gasteiger charge is 2.27. The third kappa shape index (κ3) is 6.75. The average Bonchev–Trinajstić information content (AvgIpc) is 2.79. The lowest BCUT2D eigenvalue weighted by atomic mass is 10.0. The van der Waals surface area contributed by atoms with Crippen LogP contribution in [0.3, 0.4) is 0 Å². The molecule has 1 heterocycles. The number of hydrogen-bond donors (Lipinski definition) is 1. The first-order valence-corrected chi connectivity index (χ1v) is 8.07. The average molecular weight is 256 g/mol. The molecule has 3 unspecified atom stereocenters. The van der Waals surface area contributed by atoms with E-state index in [1.807, 2.05) is 0 Å². The topological polar surface area (TPSA) is 29.5 Å². The monoisotopic (exact) mass is 256 g/mol. The maximum atomic E-state index is 10.0. The van der Waals surface area contributed by atoms with E-state index in [1.165, 1.54) is 44.9 Å². The molecule has 0 aromatic carbocycles. The molecule has 0 spiro atoms. The Morgan fingerprint density at radius 1 is 1.00 bits per heavy atom. The molecule has 1 N–H and O–H groups in total. The predicted molar refractivity (Wildman–Crippen MR) is 76.8 cm³/mol. The van der Waals surface area contributed by atoms with Crippen LogP contribution in [0.1, 0.15) is 84.5 Å². The van der Waals surface area contributed by atoms with Gasteiger partial charge in [-0.15, -0.1) is 0 Å². The highest BCUT2D eigenvalue weighted by atomic mass is 16.5. The molecule has 2 heteroatoms. The Bertz CT molecular complexity index is 194. The van der Waals surface area contributed by atoms with Gasteiger partial charge in [0.25, 0.3) is 0 Å². The van der Waals surface area contributed by atoms with Crippen molar-refractivity contribution >= 4 is 0 Å². The first-order valence-electron chi connectivity index (χ1n) is 8.07. The van der Waals surface area contributed by atoms with Crippen molar-refractivity contribution in [3.63, 3.8) is 0 Å². The molecule has 1 rings (SSSR count). The van der Waals surface area contributed by atoms with Gasteiger partial charge in [-0.25, -0.2) is 0 Å². The molecule has 18 heavy (non-hydrogen) atoms. The summed E-state index contributed by atoms with van der Waals surface area (Å²) in [5.41, 5.74) is 0. The van der Waals surface area contributed by atoms with E-state index in [9.17, 15) is 5.11 Å². The van der Waals surface area contributed by atoms with Gasteiger partial charge >= 0.3 is 0 Å². The van der Waals surface area contributed by atoms with Gasteiger partial charge in [-0.1, -0.05) is 58.3 Å². The van der Waals surface area contributed by atoms with Crippen LogP contribution in [-0.2, 0) is 4.74 Å². The normalized spacial score (nSPS) is 25.5. The van der Waals surface area contributed by atoms with Crippen LogP contribution in [-0.4, -0.2) is 23.4 Å². The minimum absolute atomic E-state index is 0.115. The molecule has 108 valence electrons. The molecule has 1 saturated heterocycles. The molecular formula is C16H32O2. The van der Waals surface area contributed by atoms with Gasteiger partial charge in [-0.05, 0) is 26.2 Å². The Hall–Kier alpha value is -0.0800. The maximum absolute atomic E-state index is 10.0. The van der Waals surface area contributed by atoms with Crippen LogP contribution >= 0.6 is 0 Å². The van der Waals surface area contributed by atoms with Crippen LogP contribution in [0.15, 0.2) is 0 Å². The quantitative estimate of drug-likeness (QED) is 0.585. The molecule has 0 aliphatic carbocycles. The zero-order valence-corrected chi connectivity index (χ0v) is 12.4. The van der Waals surface area contributed by atoms with Crippen molar-refractivity contribution in [2.24, 2.45) is 0 Å². The van der Waals surface area contributed by atoms with E-state index in [1.54, 1.807) is 0 Å². The van der Waals surface area contributed by atoms with Crippen LogP contribution in [0.5, 0.6) is 0 Å². The summed E-state index contributed by atoms with van der Waals surface area (Å²) in [4.78, 5) is 0. The standard InChI is InChI=1S/C16H32O2/c1-3-4-5-6-7-8-9-10-11-15(17)16-13-12-14(2)18-16/h14-17H,3-13H2,1-2H3. The van der Waals surface area contributed by atoms with Gasteiger partial charge in [-0.2, -0.15) is 0 Å². The molecule has 1 aliphatic heterocycles. The van der Waals surface area contributed by atoms with E-state index >= 15 is 0 Å². The van der Waals surface area contributed by atoms with Crippen molar-refractivity contribution in [1.82, 2.24) is 0 Å². The second kappa shape index (κ2) is 9.80. The fraction of sp³-hybridized carbons (Fsp3) is 1.00. The van der Waals surface area contributed by atoms with Gasteiger partial charge in [0.2, 0.25) is 0 Å². The summed E-state index contributed by atoms with van der Waals surface area (Å²) in [6, 6.07) is 0. The second-order valence-electron chi connectivity index (χ2n) is 5.89. The number of hydrogen-bond acceptors (Lipinski definition) is 2. The third-order valence-corrected chi connectivity index (χ3v) is 4.05. The SMILES string of the molecule is CCCCCCCCCCC(O)C1CCC(C)O1. The third-order valence-electron chi connectivity index (χ3n) is 4.05. The van der Waals surface area contributed by atoms with E-state index in [0.29, 0.717) is 6.10 Å². The molecule has 0 aromatic rings. The minimum Gasteiger partial charge on any atom is -0.390 e. The molecule has 1 aliphatic rings. The molecule has 0 bridgehead atoms. The molecule has 0 aromatic heterocycles. The number of rotatable bonds is 10. The summed E-state index contributed by atoms with van der Waals surface area (Å²) in [6.45, 7) is 4.36. The summed E-state index contributed by atoms with van der Waals surface area (Å²) in [5.74, 6) is 0. The lowest BCUT2D eigenvalue weighted by Gasteiger charge is -2.18. The van der Waals surface area contributed by atoms with Crippen molar-refractivity contribution in [3.8, 4) is 0 Å². The Morgan fingerprint density at radius 3 is 2.17 bits per heavy atom. The summed E-state index contributed by atoms with van der Waals surface area (Å²) < 4.78 is 5.70. The first-order chi connectivity index (χ1) is 8.74. The summed E-state index contributed by atoms with van der Waals surface area (Å²) in [7, 11) is 0. The zero-order chi connectivity index (χ0) is 13.2. The molecule has 1 fully saturated rings. The predicted octanol–water partition coefficient (Wildman–Crippen LogP) is 4.45. The fourth-order valence-electron chi connectivity index (χ4n) is 2.79. The number of aliphatic hydroxyl groups is 1. The first kappa shape index (κ1) is 16.0. The summed E-state index contributed by atoms with van der Waals surface area (Å²) >= 11 is 0. The van der Waals surface area contributed by atoms with Crippen LogP contribution in [0, 0.1) is 0 Å². The lowest BCUT2D eigenvalue weighted by molar-refractivity contribution is -0.0322. The largest absolute Gasteiger partial charge is 0.390 e. The van der Waals surface area contributed by atoms with Crippen molar-refractivity contribution in [2.75, 3.05) is 0 Å². The van der Waals surface area contributed by atoms with Crippen molar-refractivity contribution in [2.45, 2.75) is 103 Å². The maximum Gasteiger partial charge on any atom is 0.0838 e. The smallest absolute Gasteiger partial charge is 0.0838 e. The van der Waals surface area contributed by atoms with E-state index in [0.717, 1.165) is 25.7 Å². The van der Waals surface area contributed by atoms with Gasteiger partial charge in [0.15, 0.2) is 0 Å². The van der Waals surface area contributed by atoms with E-state index in [-0.39, 0.29) is 12.2 Å². The van der Waals surface area contributed by atoms with Crippen LogP contribution < -0.4 is 0 Å². The molecule has 0 saturated carbocycles. The molecular weight excluding hydrogens is 224 g/mol. The Morgan fingerprint density at radius 2 is 1.61 bits per heavy atom.